The number of carbonyl (C=O) groups is 1. The number of aromatic nitrogens is 2. The molecule has 1 fully saturated rings. The molecule has 19 heavy (non-hydrogen) atoms. The molecule has 106 valence electrons. The highest BCUT2D eigenvalue weighted by Crippen LogP contribution is 2.22. The molecule has 1 aliphatic rings. The number of carbonyl (C=O) groups excluding carboxylic acids is 1. The molecular formula is C13H21BrN4O. The third-order valence-electron chi connectivity index (χ3n) is 3.67. The van der Waals surface area contributed by atoms with Crippen molar-refractivity contribution >= 4 is 21.8 Å². The largest absolute Gasteiger partial charge is 0.342 e. The minimum atomic E-state index is 0.180. The van der Waals surface area contributed by atoms with E-state index in [2.05, 4.69) is 25.9 Å². The summed E-state index contributed by atoms with van der Waals surface area (Å²) in [7, 11) is 1.98. The fourth-order valence-electron chi connectivity index (χ4n) is 2.51. The zero-order chi connectivity index (χ0) is 14.0. The Bertz CT molecular complexity index is 471. The van der Waals surface area contributed by atoms with Gasteiger partial charge in [-0.2, -0.15) is 5.10 Å². The van der Waals surface area contributed by atoms with Crippen molar-refractivity contribution in [1.29, 1.82) is 0 Å². The molecule has 6 heteroatoms. The van der Waals surface area contributed by atoms with Crippen LogP contribution in [0.3, 0.4) is 0 Å². The summed E-state index contributed by atoms with van der Waals surface area (Å²) in [6.45, 7) is 8.19. The van der Waals surface area contributed by atoms with Crippen molar-refractivity contribution in [3.8, 4) is 0 Å². The number of aryl methyl sites for hydroxylation is 2. The van der Waals surface area contributed by atoms with Gasteiger partial charge in [0.15, 0.2) is 0 Å². The van der Waals surface area contributed by atoms with Gasteiger partial charge in [0.25, 0.3) is 0 Å². The topological polar surface area (TPSA) is 41.4 Å². The van der Waals surface area contributed by atoms with E-state index in [9.17, 15) is 4.79 Å². The van der Waals surface area contributed by atoms with Gasteiger partial charge in [-0.25, -0.2) is 0 Å². The van der Waals surface area contributed by atoms with Crippen molar-refractivity contribution in [1.82, 2.24) is 19.6 Å². The molecule has 0 radical (unpaired) electrons. The van der Waals surface area contributed by atoms with E-state index in [0.717, 1.165) is 49.3 Å². The van der Waals surface area contributed by atoms with E-state index in [1.165, 1.54) is 5.69 Å². The summed E-state index contributed by atoms with van der Waals surface area (Å²) < 4.78 is 3.04. The second-order valence-corrected chi connectivity index (χ2v) is 5.90. The van der Waals surface area contributed by atoms with Crippen molar-refractivity contribution in [3.63, 3.8) is 0 Å². The first-order valence-electron chi connectivity index (χ1n) is 6.65. The van der Waals surface area contributed by atoms with Crippen LogP contribution in [0, 0.1) is 6.92 Å². The van der Waals surface area contributed by atoms with Gasteiger partial charge in [-0.1, -0.05) is 0 Å². The van der Waals surface area contributed by atoms with E-state index >= 15 is 0 Å². The molecular weight excluding hydrogens is 308 g/mol. The van der Waals surface area contributed by atoms with Crippen molar-refractivity contribution < 1.29 is 4.79 Å². The van der Waals surface area contributed by atoms with Crippen LogP contribution in [0.25, 0.3) is 0 Å². The fraction of sp³-hybridized carbons (Fsp3) is 0.692. The van der Waals surface area contributed by atoms with Crippen LogP contribution in [-0.4, -0.2) is 51.7 Å². The average molecular weight is 329 g/mol. The van der Waals surface area contributed by atoms with Gasteiger partial charge in [-0.15, -0.1) is 0 Å². The molecule has 5 nitrogen and oxygen atoms in total. The van der Waals surface area contributed by atoms with E-state index in [1.807, 2.05) is 23.6 Å². The first kappa shape index (κ1) is 14.5. The average Bonchev–Trinajstić information content (AvgIpc) is 2.58. The van der Waals surface area contributed by atoms with Crippen LogP contribution in [0.2, 0.25) is 0 Å². The molecule has 0 atom stereocenters. The molecule has 1 amide bonds. The van der Waals surface area contributed by atoms with Gasteiger partial charge in [0, 0.05) is 46.7 Å². The van der Waals surface area contributed by atoms with Gasteiger partial charge >= 0.3 is 0 Å². The predicted octanol–water partition coefficient (Wildman–Crippen LogP) is 1.55. The smallest absolute Gasteiger partial charge is 0.219 e. The highest BCUT2D eigenvalue weighted by Gasteiger charge is 2.19. The summed E-state index contributed by atoms with van der Waals surface area (Å²) >= 11 is 3.61. The van der Waals surface area contributed by atoms with Crippen LogP contribution < -0.4 is 0 Å². The summed E-state index contributed by atoms with van der Waals surface area (Å²) in [5, 5.41) is 4.42. The Labute approximate surface area is 122 Å². The maximum atomic E-state index is 11.4. The van der Waals surface area contributed by atoms with Crippen molar-refractivity contribution in [3.05, 3.63) is 15.9 Å². The van der Waals surface area contributed by atoms with Crippen molar-refractivity contribution in [2.75, 3.05) is 26.2 Å². The quantitative estimate of drug-likeness (QED) is 0.827. The minimum absolute atomic E-state index is 0.180. The summed E-state index contributed by atoms with van der Waals surface area (Å²) in [6, 6.07) is 0. The first-order chi connectivity index (χ1) is 8.99. The van der Waals surface area contributed by atoms with E-state index in [-0.39, 0.29) is 5.91 Å². The Hall–Kier alpha value is -0.880. The second kappa shape index (κ2) is 6.05. The van der Waals surface area contributed by atoms with Crippen LogP contribution in [0.15, 0.2) is 4.47 Å². The number of hydrogen-bond acceptors (Lipinski definition) is 3. The van der Waals surface area contributed by atoms with Crippen LogP contribution in [0.4, 0.5) is 0 Å². The van der Waals surface area contributed by atoms with Crippen LogP contribution in [0.5, 0.6) is 0 Å². The molecule has 0 aromatic carbocycles. The Balaban J connectivity index is 2.02. The van der Waals surface area contributed by atoms with Crippen molar-refractivity contribution in [2.45, 2.75) is 26.8 Å². The highest BCUT2D eigenvalue weighted by molar-refractivity contribution is 9.10. The third-order valence-corrected chi connectivity index (χ3v) is 4.70. The second-order valence-electron chi connectivity index (χ2n) is 5.11. The maximum Gasteiger partial charge on any atom is 0.219 e. The standard InChI is InChI=1S/C13H21BrN4O/c1-10-13(14)12(16(3)15-10)9-17-5-4-6-18(8-7-17)11(2)19/h4-9H2,1-3H3. The fourth-order valence-corrected chi connectivity index (χ4v) is 2.97. The number of amides is 1. The molecule has 0 bridgehead atoms. The molecule has 1 aliphatic heterocycles. The number of halogens is 1. The summed E-state index contributed by atoms with van der Waals surface area (Å²) in [4.78, 5) is 15.7. The van der Waals surface area contributed by atoms with Crippen LogP contribution >= 0.6 is 15.9 Å². The van der Waals surface area contributed by atoms with Gasteiger partial charge in [-0.05, 0) is 29.3 Å². The molecule has 1 aromatic rings. The Kier molecular flexibility index (Phi) is 4.62. The molecule has 0 spiro atoms. The van der Waals surface area contributed by atoms with Gasteiger partial charge in [0.2, 0.25) is 5.91 Å². The minimum Gasteiger partial charge on any atom is -0.342 e. The molecule has 0 N–H and O–H groups in total. The molecule has 0 saturated carbocycles. The van der Waals surface area contributed by atoms with Gasteiger partial charge in [0.05, 0.1) is 15.9 Å². The Morgan fingerprint density at radius 2 is 2.05 bits per heavy atom. The molecule has 0 aliphatic carbocycles. The lowest BCUT2D eigenvalue weighted by Gasteiger charge is -2.21. The van der Waals surface area contributed by atoms with Gasteiger partial charge < -0.3 is 4.90 Å². The number of rotatable bonds is 2. The van der Waals surface area contributed by atoms with Gasteiger partial charge in [0.1, 0.15) is 0 Å². The number of hydrogen-bond donors (Lipinski definition) is 0. The zero-order valence-corrected chi connectivity index (χ0v) is 13.4. The molecule has 0 unspecified atom stereocenters. The third kappa shape index (κ3) is 3.36. The van der Waals surface area contributed by atoms with E-state index in [0.29, 0.717) is 0 Å². The summed E-state index contributed by atoms with van der Waals surface area (Å²) in [6.07, 6.45) is 1.04. The maximum absolute atomic E-state index is 11.4. The van der Waals surface area contributed by atoms with Crippen LogP contribution in [-0.2, 0) is 18.4 Å². The molecule has 1 saturated heterocycles. The van der Waals surface area contributed by atoms with Crippen molar-refractivity contribution in [2.24, 2.45) is 7.05 Å². The lowest BCUT2D eigenvalue weighted by atomic mass is 10.3. The molecule has 1 aromatic heterocycles. The van der Waals surface area contributed by atoms with E-state index in [4.69, 9.17) is 0 Å². The number of nitrogens with zero attached hydrogens (tertiary/aromatic N) is 4. The van der Waals surface area contributed by atoms with Gasteiger partial charge in [-0.3, -0.25) is 14.4 Å². The summed E-state index contributed by atoms with van der Waals surface area (Å²) in [5.74, 6) is 0.180. The van der Waals surface area contributed by atoms with E-state index in [1.54, 1.807) is 6.92 Å². The van der Waals surface area contributed by atoms with E-state index < -0.39 is 0 Å². The monoisotopic (exact) mass is 328 g/mol. The van der Waals surface area contributed by atoms with Crippen LogP contribution in [0.1, 0.15) is 24.7 Å². The SMILES string of the molecule is CC(=O)N1CCCN(Cc2c(Br)c(C)nn2C)CC1. The lowest BCUT2D eigenvalue weighted by Crippen LogP contribution is -2.33. The molecule has 2 rings (SSSR count). The normalized spacial score (nSPS) is 17.6. The first-order valence-corrected chi connectivity index (χ1v) is 7.44. The predicted molar refractivity (Wildman–Crippen MR) is 77.8 cm³/mol. The molecule has 2 heterocycles. The summed E-state index contributed by atoms with van der Waals surface area (Å²) in [5.41, 5.74) is 2.23. The zero-order valence-electron chi connectivity index (χ0n) is 11.8. The Morgan fingerprint density at radius 1 is 1.32 bits per heavy atom. The lowest BCUT2D eigenvalue weighted by molar-refractivity contribution is -0.128. The highest BCUT2D eigenvalue weighted by atomic mass is 79.9. The Morgan fingerprint density at radius 3 is 2.63 bits per heavy atom.